The number of hydrogen-bond acceptors (Lipinski definition) is 2. The summed E-state index contributed by atoms with van der Waals surface area (Å²) in [5, 5.41) is 8.95. The van der Waals surface area contributed by atoms with Crippen molar-refractivity contribution in [3.05, 3.63) is 29.8 Å². The van der Waals surface area contributed by atoms with E-state index in [1.165, 1.54) is 6.42 Å². The average Bonchev–Trinajstić information content (AvgIpc) is 2.58. The monoisotopic (exact) mass is 219 g/mol. The van der Waals surface area contributed by atoms with Crippen LogP contribution in [0, 0.1) is 5.92 Å². The molecule has 1 fully saturated rings. The Bertz CT molecular complexity index is 403. The van der Waals surface area contributed by atoms with E-state index in [1.54, 1.807) is 12.1 Å². The quantitative estimate of drug-likeness (QED) is 0.831. The Kier molecular flexibility index (Phi) is 2.86. The molecule has 0 aromatic heterocycles. The molecule has 0 spiro atoms. The number of carboxylic acid groups (broad SMARTS) is 1. The van der Waals surface area contributed by atoms with Crippen molar-refractivity contribution in [3.63, 3.8) is 0 Å². The Labute approximate surface area is 95.7 Å². The van der Waals surface area contributed by atoms with Crippen molar-refractivity contribution in [3.8, 4) is 0 Å². The molecule has 0 bridgehead atoms. The number of carboxylic acids is 1. The summed E-state index contributed by atoms with van der Waals surface area (Å²) in [5.74, 6) is -0.176. The molecule has 1 aromatic carbocycles. The molecule has 1 aliphatic rings. The predicted molar refractivity (Wildman–Crippen MR) is 64.0 cm³/mol. The number of carbonyl (C=O) groups is 1. The van der Waals surface area contributed by atoms with Gasteiger partial charge in [0.25, 0.3) is 0 Å². The highest BCUT2D eigenvalue weighted by Crippen LogP contribution is 2.29. The molecule has 3 nitrogen and oxygen atoms in total. The van der Waals surface area contributed by atoms with Crippen molar-refractivity contribution in [2.45, 2.75) is 26.3 Å². The largest absolute Gasteiger partial charge is 0.478 e. The molecule has 1 aliphatic heterocycles. The van der Waals surface area contributed by atoms with E-state index in [1.807, 2.05) is 12.1 Å². The van der Waals surface area contributed by atoms with Gasteiger partial charge in [-0.15, -0.1) is 0 Å². The van der Waals surface area contributed by atoms with E-state index in [0.717, 1.165) is 12.2 Å². The van der Waals surface area contributed by atoms with Crippen molar-refractivity contribution in [2.24, 2.45) is 5.92 Å². The normalized spacial score (nSPS) is 24.8. The minimum atomic E-state index is -0.859. The second-order valence-corrected chi connectivity index (χ2v) is 4.70. The Morgan fingerprint density at radius 2 is 2.19 bits per heavy atom. The number of hydrogen-bond donors (Lipinski definition) is 1. The van der Waals surface area contributed by atoms with Gasteiger partial charge in [0.2, 0.25) is 0 Å². The van der Waals surface area contributed by atoms with Crippen molar-refractivity contribution >= 4 is 11.7 Å². The summed E-state index contributed by atoms with van der Waals surface area (Å²) in [6.45, 7) is 5.44. The molecule has 3 heteroatoms. The van der Waals surface area contributed by atoms with Gasteiger partial charge in [0.05, 0.1) is 5.56 Å². The van der Waals surface area contributed by atoms with E-state index in [2.05, 4.69) is 18.7 Å². The van der Waals surface area contributed by atoms with Crippen LogP contribution in [0.25, 0.3) is 0 Å². The van der Waals surface area contributed by atoms with Crippen molar-refractivity contribution < 1.29 is 9.90 Å². The molecular weight excluding hydrogens is 202 g/mol. The third kappa shape index (κ3) is 2.03. The molecule has 0 amide bonds. The van der Waals surface area contributed by atoms with Crippen molar-refractivity contribution in [1.82, 2.24) is 0 Å². The fourth-order valence-corrected chi connectivity index (χ4v) is 2.48. The fourth-order valence-electron chi connectivity index (χ4n) is 2.48. The summed E-state index contributed by atoms with van der Waals surface area (Å²) >= 11 is 0. The van der Waals surface area contributed by atoms with Gasteiger partial charge in [-0.1, -0.05) is 13.0 Å². The summed E-state index contributed by atoms with van der Waals surface area (Å²) in [6.07, 6.45) is 1.18. The Morgan fingerprint density at radius 3 is 2.75 bits per heavy atom. The molecule has 1 saturated heterocycles. The van der Waals surface area contributed by atoms with Crippen LogP contribution in [0.15, 0.2) is 24.3 Å². The summed E-state index contributed by atoms with van der Waals surface area (Å²) in [4.78, 5) is 13.2. The Hall–Kier alpha value is -1.51. The maximum Gasteiger partial charge on any atom is 0.335 e. The summed E-state index contributed by atoms with van der Waals surface area (Å²) in [5.41, 5.74) is 1.39. The highest BCUT2D eigenvalue weighted by atomic mass is 16.4. The van der Waals surface area contributed by atoms with Crippen LogP contribution in [0.2, 0.25) is 0 Å². The average molecular weight is 219 g/mol. The molecule has 0 radical (unpaired) electrons. The van der Waals surface area contributed by atoms with Gasteiger partial charge in [-0.25, -0.2) is 4.79 Å². The maximum absolute atomic E-state index is 10.9. The lowest BCUT2D eigenvalue weighted by molar-refractivity contribution is 0.0697. The first-order valence-corrected chi connectivity index (χ1v) is 5.68. The first kappa shape index (κ1) is 11.0. The first-order valence-electron chi connectivity index (χ1n) is 5.68. The van der Waals surface area contributed by atoms with Crippen LogP contribution in [0.5, 0.6) is 0 Å². The number of aromatic carboxylic acids is 1. The van der Waals surface area contributed by atoms with E-state index in [0.29, 0.717) is 17.5 Å². The fraction of sp³-hybridized carbons (Fsp3) is 0.462. The van der Waals surface area contributed by atoms with Crippen LogP contribution in [-0.2, 0) is 0 Å². The highest BCUT2D eigenvalue weighted by molar-refractivity contribution is 5.88. The van der Waals surface area contributed by atoms with E-state index < -0.39 is 5.97 Å². The van der Waals surface area contributed by atoms with Gasteiger partial charge in [0, 0.05) is 18.3 Å². The van der Waals surface area contributed by atoms with E-state index in [4.69, 9.17) is 5.11 Å². The number of rotatable bonds is 2. The van der Waals surface area contributed by atoms with Gasteiger partial charge in [0.15, 0.2) is 0 Å². The minimum Gasteiger partial charge on any atom is -0.478 e. The molecule has 1 heterocycles. The smallest absolute Gasteiger partial charge is 0.335 e. The lowest BCUT2D eigenvalue weighted by Crippen LogP contribution is -2.26. The van der Waals surface area contributed by atoms with E-state index in [9.17, 15) is 4.79 Å². The molecule has 1 N–H and O–H groups in total. The summed E-state index contributed by atoms with van der Waals surface area (Å²) in [6, 6.07) is 7.70. The molecule has 2 unspecified atom stereocenters. The van der Waals surface area contributed by atoms with Gasteiger partial charge in [-0.05, 0) is 37.5 Å². The Morgan fingerprint density at radius 1 is 1.44 bits per heavy atom. The number of anilines is 1. The zero-order valence-corrected chi connectivity index (χ0v) is 9.68. The number of benzene rings is 1. The van der Waals surface area contributed by atoms with Gasteiger partial charge in [-0.3, -0.25) is 0 Å². The molecule has 2 atom stereocenters. The second-order valence-electron chi connectivity index (χ2n) is 4.70. The molecule has 86 valence electrons. The zero-order valence-electron chi connectivity index (χ0n) is 9.68. The van der Waals surface area contributed by atoms with Crippen LogP contribution >= 0.6 is 0 Å². The van der Waals surface area contributed by atoms with Crippen LogP contribution in [0.1, 0.15) is 30.6 Å². The first-order chi connectivity index (χ1) is 7.58. The topological polar surface area (TPSA) is 40.5 Å². The van der Waals surface area contributed by atoms with E-state index in [-0.39, 0.29) is 0 Å². The zero-order chi connectivity index (χ0) is 11.7. The van der Waals surface area contributed by atoms with E-state index >= 15 is 0 Å². The molecular formula is C13H17NO2. The van der Waals surface area contributed by atoms with Gasteiger partial charge < -0.3 is 10.0 Å². The van der Waals surface area contributed by atoms with Gasteiger partial charge in [-0.2, -0.15) is 0 Å². The van der Waals surface area contributed by atoms with Crippen LogP contribution in [-0.4, -0.2) is 23.7 Å². The van der Waals surface area contributed by atoms with Crippen molar-refractivity contribution in [2.75, 3.05) is 11.4 Å². The van der Waals surface area contributed by atoms with Crippen LogP contribution < -0.4 is 4.90 Å². The Balaban J connectivity index is 2.27. The third-order valence-corrected chi connectivity index (χ3v) is 3.21. The van der Waals surface area contributed by atoms with Gasteiger partial charge in [0.1, 0.15) is 0 Å². The number of nitrogens with zero attached hydrogens (tertiary/aromatic N) is 1. The molecule has 0 saturated carbocycles. The molecule has 0 aliphatic carbocycles. The van der Waals surface area contributed by atoms with Crippen molar-refractivity contribution in [1.29, 1.82) is 0 Å². The highest BCUT2D eigenvalue weighted by Gasteiger charge is 2.26. The van der Waals surface area contributed by atoms with Crippen LogP contribution in [0.3, 0.4) is 0 Å². The summed E-state index contributed by atoms with van der Waals surface area (Å²) in [7, 11) is 0. The standard InChI is InChI=1S/C13H17NO2/c1-9-6-10(2)14(8-9)12-5-3-4-11(7-12)13(15)16/h3-5,7,9-10H,6,8H2,1-2H3,(H,15,16). The second kappa shape index (κ2) is 4.16. The lowest BCUT2D eigenvalue weighted by atomic mass is 10.1. The lowest BCUT2D eigenvalue weighted by Gasteiger charge is -2.24. The molecule has 1 aromatic rings. The SMILES string of the molecule is CC1CC(C)N(c2cccc(C(=O)O)c2)C1. The van der Waals surface area contributed by atoms with Crippen LogP contribution in [0.4, 0.5) is 5.69 Å². The minimum absolute atomic E-state index is 0.365. The summed E-state index contributed by atoms with van der Waals surface area (Å²) < 4.78 is 0. The molecule has 16 heavy (non-hydrogen) atoms. The maximum atomic E-state index is 10.9. The van der Waals surface area contributed by atoms with Gasteiger partial charge >= 0.3 is 5.97 Å². The third-order valence-electron chi connectivity index (χ3n) is 3.21. The predicted octanol–water partition coefficient (Wildman–Crippen LogP) is 2.62. The molecule has 2 rings (SSSR count).